The van der Waals surface area contributed by atoms with Gasteiger partial charge in [-0.1, -0.05) is 31.9 Å². The summed E-state index contributed by atoms with van der Waals surface area (Å²) in [6.07, 6.45) is 6.49. The van der Waals surface area contributed by atoms with E-state index in [1.165, 1.54) is 36.8 Å². The molecule has 0 spiro atoms. The van der Waals surface area contributed by atoms with Crippen LogP contribution in [-0.2, 0) is 6.42 Å². The molecule has 0 bridgehead atoms. The Labute approximate surface area is 129 Å². The molecule has 1 saturated carbocycles. The fourth-order valence-corrected chi connectivity index (χ4v) is 4.12. The van der Waals surface area contributed by atoms with Gasteiger partial charge in [-0.3, -0.25) is 0 Å². The van der Waals surface area contributed by atoms with Gasteiger partial charge in [0.15, 0.2) is 0 Å². The van der Waals surface area contributed by atoms with E-state index in [1.54, 1.807) is 0 Å². The molecule has 0 saturated heterocycles. The van der Waals surface area contributed by atoms with Gasteiger partial charge >= 0.3 is 0 Å². The van der Waals surface area contributed by atoms with Crippen LogP contribution in [0.1, 0.15) is 63.6 Å². The van der Waals surface area contributed by atoms with Crippen molar-refractivity contribution in [3.05, 3.63) is 29.3 Å². The lowest BCUT2D eigenvalue weighted by atomic mass is 9.77. The van der Waals surface area contributed by atoms with E-state index in [4.69, 9.17) is 4.74 Å². The van der Waals surface area contributed by atoms with Crippen molar-refractivity contribution in [1.29, 1.82) is 0 Å². The lowest BCUT2D eigenvalue weighted by Gasteiger charge is -2.33. The minimum absolute atomic E-state index is 0.0453. The Morgan fingerprint density at radius 2 is 1.90 bits per heavy atom. The van der Waals surface area contributed by atoms with Gasteiger partial charge in [-0.25, -0.2) is 0 Å². The minimum Gasteiger partial charge on any atom is -0.487 e. The Balaban J connectivity index is 1.79. The molecule has 1 aliphatic carbocycles. The summed E-state index contributed by atoms with van der Waals surface area (Å²) in [5.41, 5.74) is 2.77. The number of ether oxygens (including phenoxy) is 1. The van der Waals surface area contributed by atoms with Crippen molar-refractivity contribution in [3.63, 3.8) is 0 Å². The van der Waals surface area contributed by atoms with Crippen molar-refractivity contribution in [2.45, 2.75) is 64.5 Å². The molecule has 1 fully saturated rings. The van der Waals surface area contributed by atoms with E-state index in [0.717, 1.165) is 24.0 Å². The van der Waals surface area contributed by atoms with Crippen LogP contribution in [0.3, 0.4) is 0 Å². The Hall–Kier alpha value is -1.02. The molecule has 2 aliphatic rings. The third kappa shape index (κ3) is 3.11. The molecule has 0 aromatic heterocycles. The van der Waals surface area contributed by atoms with Gasteiger partial charge in [-0.2, -0.15) is 0 Å². The summed E-state index contributed by atoms with van der Waals surface area (Å²) in [4.78, 5) is 0. The van der Waals surface area contributed by atoms with E-state index in [1.807, 2.05) is 0 Å². The average molecular weight is 287 g/mol. The quantitative estimate of drug-likeness (QED) is 0.884. The Morgan fingerprint density at radius 3 is 2.57 bits per heavy atom. The second-order valence-corrected chi connectivity index (χ2v) is 7.69. The molecule has 3 rings (SSSR count). The van der Waals surface area contributed by atoms with Crippen LogP contribution < -0.4 is 10.1 Å². The first kappa shape index (κ1) is 14.9. The van der Waals surface area contributed by atoms with Crippen LogP contribution >= 0.6 is 0 Å². The van der Waals surface area contributed by atoms with Gasteiger partial charge in [0.05, 0.1) is 0 Å². The van der Waals surface area contributed by atoms with E-state index in [0.29, 0.717) is 6.04 Å². The summed E-state index contributed by atoms with van der Waals surface area (Å²) in [5, 5.41) is 3.57. The Bertz CT molecular complexity index is 500. The molecule has 1 N–H and O–H groups in total. The van der Waals surface area contributed by atoms with Crippen LogP contribution in [0.4, 0.5) is 0 Å². The third-order valence-electron chi connectivity index (χ3n) is 5.29. The number of benzene rings is 1. The molecule has 1 aliphatic heterocycles. The zero-order valence-corrected chi connectivity index (χ0v) is 13.9. The third-order valence-corrected chi connectivity index (χ3v) is 5.29. The summed E-state index contributed by atoms with van der Waals surface area (Å²) < 4.78 is 6.00. The second kappa shape index (κ2) is 5.64. The van der Waals surface area contributed by atoms with E-state index < -0.39 is 0 Å². The number of hydrogen-bond acceptors (Lipinski definition) is 2. The largest absolute Gasteiger partial charge is 0.487 e. The molecule has 1 aromatic rings. The molecule has 1 heterocycles. The van der Waals surface area contributed by atoms with Gasteiger partial charge in [0.25, 0.3) is 0 Å². The average Bonchev–Trinajstić information content (AvgIpc) is 2.75. The van der Waals surface area contributed by atoms with Crippen LogP contribution in [0.15, 0.2) is 18.2 Å². The molecule has 0 amide bonds. The summed E-state index contributed by atoms with van der Waals surface area (Å²) in [7, 11) is 2.11. The molecule has 21 heavy (non-hydrogen) atoms. The first-order chi connectivity index (χ1) is 9.98. The smallest absolute Gasteiger partial charge is 0.123 e. The predicted molar refractivity (Wildman–Crippen MR) is 87.8 cm³/mol. The van der Waals surface area contributed by atoms with Gasteiger partial charge < -0.3 is 10.1 Å². The number of nitrogens with one attached hydrogen (secondary N) is 1. The van der Waals surface area contributed by atoms with Crippen molar-refractivity contribution in [2.24, 2.45) is 11.8 Å². The molecule has 1 unspecified atom stereocenters. The number of fused-ring (bicyclic) bond motifs is 1. The molecule has 1 atom stereocenters. The van der Waals surface area contributed by atoms with E-state index in [-0.39, 0.29) is 5.60 Å². The highest BCUT2D eigenvalue weighted by atomic mass is 16.5. The zero-order valence-electron chi connectivity index (χ0n) is 13.9. The number of rotatable bonds is 3. The van der Waals surface area contributed by atoms with Crippen LogP contribution in [0.25, 0.3) is 0 Å². The molecular weight excluding hydrogens is 258 g/mol. The maximum absolute atomic E-state index is 6.00. The van der Waals surface area contributed by atoms with Gasteiger partial charge in [0.2, 0.25) is 0 Å². The summed E-state index contributed by atoms with van der Waals surface area (Å²) in [6, 6.07) is 7.31. The van der Waals surface area contributed by atoms with E-state index in [2.05, 4.69) is 51.3 Å². The van der Waals surface area contributed by atoms with Crippen LogP contribution in [0, 0.1) is 11.8 Å². The normalized spacial score (nSPS) is 28.8. The molecule has 0 radical (unpaired) electrons. The Kier molecular flexibility index (Phi) is 4.00. The maximum Gasteiger partial charge on any atom is 0.123 e. The SMILES string of the molecule is CNC(c1ccc2c(c1)CC(C)(C)O2)C1CCC(C)CC1. The first-order valence-electron chi connectivity index (χ1n) is 8.47. The molecule has 116 valence electrons. The summed E-state index contributed by atoms with van der Waals surface area (Å²) in [6.45, 7) is 6.73. The zero-order chi connectivity index (χ0) is 15.0. The van der Waals surface area contributed by atoms with Crippen molar-refractivity contribution >= 4 is 0 Å². The number of hydrogen-bond donors (Lipinski definition) is 1. The van der Waals surface area contributed by atoms with Crippen LogP contribution in [0.2, 0.25) is 0 Å². The van der Waals surface area contributed by atoms with Crippen molar-refractivity contribution in [1.82, 2.24) is 5.32 Å². The highest BCUT2D eigenvalue weighted by molar-refractivity contribution is 5.42. The monoisotopic (exact) mass is 287 g/mol. The maximum atomic E-state index is 6.00. The van der Waals surface area contributed by atoms with Gasteiger partial charge in [-0.05, 0) is 62.8 Å². The lowest BCUT2D eigenvalue weighted by Crippen LogP contribution is -2.28. The van der Waals surface area contributed by atoms with E-state index in [9.17, 15) is 0 Å². The highest BCUT2D eigenvalue weighted by Crippen LogP contribution is 2.40. The summed E-state index contributed by atoms with van der Waals surface area (Å²) in [5.74, 6) is 2.77. The second-order valence-electron chi connectivity index (χ2n) is 7.69. The van der Waals surface area contributed by atoms with E-state index >= 15 is 0 Å². The molecule has 2 nitrogen and oxygen atoms in total. The van der Waals surface area contributed by atoms with Gasteiger partial charge in [0.1, 0.15) is 11.4 Å². The van der Waals surface area contributed by atoms with Crippen LogP contribution in [-0.4, -0.2) is 12.6 Å². The minimum atomic E-state index is -0.0453. The van der Waals surface area contributed by atoms with Gasteiger partial charge in [-0.15, -0.1) is 0 Å². The standard InChI is InChI=1S/C19H29NO/c1-13-5-7-14(8-6-13)18(20-4)15-9-10-17-16(11-15)12-19(2,3)21-17/h9-11,13-14,18,20H,5-8,12H2,1-4H3. The molecule has 2 heteroatoms. The predicted octanol–water partition coefficient (Wildman–Crippen LogP) is 4.49. The highest BCUT2D eigenvalue weighted by Gasteiger charge is 2.32. The molecule has 1 aromatic carbocycles. The van der Waals surface area contributed by atoms with Gasteiger partial charge in [0, 0.05) is 12.5 Å². The van der Waals surface area contributed by atoms with Crippen molar-refractivity contribution < 1.29 is 4.74 Å². The van der Waals surface area contributed by atoms with Crippen LogP contribution in [0.5, 0.6) is 5.75 Å². The lowest BCUT2D eigenvalue weighted by molar-refractivity contribution is 0.138. The van der Waals surface area contributed by atoms with Crippen molar-refractivity contribution in [3.8, 4) is 5.75 Å². The summed E-state index contributed by atoms with van der Waals surface area (Å²) >= 11 is 0. The first-order valence-corrected chi connectivity index (χ1v) is 8.47. The fraction of sp³-hybridized carbons (Fsp3) is 0.684. The molecular formula is C19H29NO. The fourth-order valence-electron chi connectivity index (χ4n) is 4.12. The Morgan fingerprint density at radius 1 is 1.19 bits per heavy atom. The van der Waals surface area contributed by atoms with Crippen molar-refractivity contribution in [2.75, 3.05) is 7.05 Å². The topological polar surface area (TPSA) is 21.3 Å².